The number of carbonyl (C=O) groups is 1. The predicted octanol–water partition coefficient (Wildman–Crippen LogP) is 3.85. The lowest BCUT2D eigenvalue weighted by molar-refractivity contribution is 0.232. The number of benzene rings is 1. The van der Waals surface area contributed by atoms with Gasteiger partial charge in [-0.1, -0.05) is 51.1 Å². The Morgan fingerprint density at radius 3 is 2.32 bits per heavy atom. The van der Waals surface area contributed by atoms with Crippen LogP contribution in [0.4, 0.5) is 4.79 Å². The van der Waals surface area contributed by atoms with Crippen LogP contribution < -0.4 is 15.4 Å². The van der Waals surface area contributed by atoms with Crippen molar-refractivity contribution in [2.75, 3.05) is 7.11 Å². The Morgan fingerprint density at radius 1 is 1.12 bits per heavy atom. The van der Waals surface area contributed by atoms with E-state index in [1.165, 1.54) is 5.56 Å². The number of amides is 2. The SMILES string of the molecule is CCc1ccc([C@@H](NC(=O)NCc2ccc(OC)nc2)C(C)C)cc1. The first-order valence-electron chi connectivity index (χ1n) is 8.65. The van der Waals surface area contributed by atoms with Crippen molar-refractivity contribution in [2.24, 2.45) is 5.92 Å². The molecule has 0 saturated carbocycles. The highest BCUT2D eigenvalue weighted by Crippen LogP contribution is 2.22. The molecule has 0 fully saturated rings. The molecule has 5 nitrogen and oxygen atoms in total. The molecule has 2 rings (SSSR count). The third-order valence-corrected chi connectivity index (χ3v) is 4.16. The standard InChI is InChI=1S/C20H27N3O2/c1-5-15-6-9-17(10-7-15)19(14(2)3)23-20(24)22-13-16-8-11-18(25-4)21-12-16/h6-12,14,19H,5,13H2,1-4H3,(H2,22,23,24)/t19-/m0/s1. The van der Waals surface area contributed by atoms with E-state index in [2.05, 4.69) is 60.7 Å². The highest BCUT2D eigenvalue weighted by Gasteiger charge is 2.18. The number of rotatable bonds is 7. The molecule has 1 aromatic heterocycles. The van der Waals surface area contributed by atoms with Crippen molar-refractivity contribution in [3.8, 4) is 5.88 Å². The Labute approximate surface area is 149 Å². The van der Waals surface area contributed by atoms with Gasteiger partial charge in [-0.15, -0.1) is 0 Å². The molecule has 0 aliphatic carbocycles. The fourth-order valence-corrected chi connectivity index (χ4v) is 2.61. The van der Waals surface area contributed by atoms with E-state index in [4.69, 9.17) is 4.74 Å². The molecular formula is C20H27N3O2. The van der Waals surface area contributed by atoms with Crippen LogP contribution in [0.3, 0.4) is 0 Å². The second-order valence-corrected chi connectivity index (χ2v) is 6.35. The first kappa shape index (κ1) is 18.8. The number of nitrogens with one attached hydrogen (secondary N) is 2. The first-order chi connectivity index (χ1) is 12.0. The maximum Gasteiger partial charge on any atom is 0.315 e. The van der Waals surface area contributed by atoms with Crippen LogP contribution in [0.25, 0.3) is 0 Å². The summed E-state index contributed by atoms with van der Waals surface area (Å²) in [6, 6.07) is 11.9. The van der Waals surface area contributed by atoms with Crippen molar-refractivity contribution in [1.29, 1.82) is 0 Å². The van der Waals surface area contributed by atoms with Gasteiger partial charge in [-0.25, -0.2) is 9.78 Å². The predicted molar refractivity (Wildman–Crippen MR) is 99.6 cm³/mol. The minimum atomic E-state index is -0.186. The minimum absolute atomic E-state index is 0.0279. The Hall–Kier alpha value is -2.56. The lowest BCUT2D eigenvalue weighted by Gasteiger charge is -2.23. The summed E-state index contributed by atoms with van der Waals surface area (Å²) in [5.74, 6) is 0.851. The molecule has 0 spiro atoms. The van der Waals surface area contributed by atoms with Gasteiger partial charge in [-0.05, 0) is 29.0 Å². The maximum atomic E-state index is 12.3. The molecular weight excluding hydrogens is 314 g/mol. The molecule has 25 heavy (non-hydrogen) atoms. The van der Waals surface area contributed by atoms with Gasteiger partial charge in [0, 0.05) is 18.8 Å². The number of methoxy groups -OCH3 is 1. The van der Waals surface area contributed by atoms with Gasteiger partial charge < -0.3 is 15.4 Å². The summed E-state index contributed by atoms with van der Waals surface area (Å²) < 4.78 is 5.03. The van der Waals surface area contributed by atoms with E-state index in [1.807, 2.05) is 6.07 Å². The Morgan fingerprint density at radius 2 is 1.80 bits per heavy atom. The number of aromatic nitrogens is 1. The lowest BCUT2D eigenvalue weighted by Crippen LogP contribution is -2.39. The van der Waals surface area contributed by atoms with Crippen LogP contribution in [-0.4, -0.2) is 18.1 Å². The monoisotopic (exact) mass is 341 g/mol. The van der Waals surface area contributed by atoms with Crippen molar-refractivity contribution in [1.82, 2.24) is 15.6 Å². The second kappa shape index (κ2) is 9.06. The summed E-state index contributed by atoms with van der Waals surface area (Å²) >= 11 is 0. The van der Waals surface area contributed by atoms with E-state index in [0.29, 0.717) is 18.3 Å². The van der Waals surface area contributed by atoms with E-state index in [1.54, 1.807) is 19.4 Å². The number of hydrogen-bond donors (Lipinski definition) is 2. The number of nitrogens with zero attached hydrogens (tertiary/aromatic N) is 1. The van der Waals surface area contributed by atoms with Crippen molar-refractivity contribution >= 4 is 6.03 Å². The van der Waals surface area contributed by atoms with Gasteiger partial charge >= 0.3 is 6.03 Å². The number of urea groups is 1. The van der Waals surface area contributed by atoms with Crippen LogP contribution in [0, 0.1) is 5.92 Å². The summed E-state index contributed by atoms with van der Waals surface area (Å²) in [5, 5.41) is 5.95. The fraction of sp³-hybridized carbons (Fsp3) is 0.400. The summed E-state index contributed by atoms with van der Waals surface area (Å²) in [7, 11) is 1.58. The molecule has 0 aliphatic heterocycles. The van der Waals surface area contributed by atoms with Crippen LogP contribution in [0.5, 0.6) is 5.88 Å². The number of hydrogen-bond acceptors (Lipinski definition) is 3. The van der Waals surface area contributed by atoms with Crippen LogP contribution in [0.1, 0.15) is 43.5 Å². The molecule has 134 valence electrons. The number of aryl methyl sites for hydroxylation is 1. The Balaban J connectivity index is 1.94. The molecule has 1 heterocycles. The minimum Gasteiger partial charge on any atom is -0.481 e. The van der Waals surface area contributed by atoms with Gasteiger partial charge in [0.25, 0.3) is 0 Å². The summed E-state index contributed by atoms with van der Waals surface area (Å²) in [6.07, 6.45) is 2.71. The maximum absolute atomic E-state index is 12.3. The van der Waals surface area contributed by atoms with Crippen molar-refractivity contribution in [2.45, 2.75) is 39.8 Å². The van der Waals surface area contributed by atoms with E-state index < -0.39 is 0 Å². The molecule has 1 atom stereocenters. The zero-order chi connectivity index (χ0) is 18.2. The van der Waals surface area contributed by atoms with E-state index >= 15 is 0 Å². The van der Waals surface area contributed by atoms with Crippen molar-refractivity contribution in [3.63, 3.8) is 0 Å². The summed E-state index contributed by atoms with van der Waals surface area (Å²) in [6.45, 7) is 6.76. The number of pyridine rings is 1. The highest BCUT2D eigenvalue weighted by molar-refractivity contribution is 5.74. The van der Waals surface area contributed by atoms with Gasteiger partial charge in [0.2, 0.25) is 5.88 Å². The van der Waals surface area contributed by atoms with E-state index in [9.17, 15) is 4.79 Å². The Bertz CT molecular complexity index is 666. The fourth-order valence-electron chi connectivity index (χ4n) is 2.61. The average Bonchev–Trinajstić information content (AvgIpc) is 2.64. The summed E-state index contributed by atoms with van der Waals surface area (Å²) in [4.78, 5) is 16.4. The topological polar surface area (TPSA) is 63.2 Å². The van der Waals surface area contributed by atoms with Crippen molar-refractivity contribution in [3.05, 3.63) is 59.3 Å². The summed E-state index contributed by atoms with van der Waals surface area (Å²) in [5.41, 5.74) is 3.33. The normalized spacial score (nSPS) is 11.9. The molecule has 2 amide bonds. The van der Waals surface area contributed by atoms with Gasteiger partial charge in [0.1, 0.15) is 0 Å². The molecule has 0 unspecified atom stereocenters. The van der Waals surface area contributed by atoms with Crippen LogP contribution in [0.2, 0.25) is 0 Å². The highest BCUT2D eigenvalue weighted by atomic mass is 16.5. The molecule has 1 aromatic carbocycles. The zero-order valence-corrected chi connectivity index (χ0v) is 15.4. The number of carbonyl (C=O) groups excluding carboxylic acids is 1. The first-order valence-corrected chi connectivity index (χ1v) is 8.65. The third-order valence-electron chi connectivity index (χ3n) is 4.16. The molecule has 0 bridgehead atoms. The van der Waals surface area contributed by atoms with E-state index in [0.717, 1.165) is 17.5 Å². The third kappa shape index (κ3) is 5.48. The smallest absolute Gasteiger partial charge is 0.315 e. The largest absolute Gasteiger partial charge is 0.481 e. The molecule has 2 aromatic rings. The molecule has 0 saturated heterocycles. The molecule has 0 aliphatic rings. The molecule has 0 radical (unpaired) electrons. The van der Waals surface area contributed by atoms with Crippen LogP contribution in [-0.2, 0) is 13.0 Å². The average molecular weight is 341 g/mol. The lowest BCUT2D eigenvalue weighted by atomic mass is 9.95. The van der Waals surface area contributed by atoms with Crippen LogP contribution >= 0.6 is 0 Å². The van der Waals surface area contributed by atoms with Gasteiger partial charge in [-0.2, -0.15) is 0 Å². The number of ether oxygens (including phenoxy) is 1. The van der Waals surface area contributed by atoms with Crippen LogP contribution in [0.15, 0.2) is 42.6 Å². The van der Waals surface area contributed by atoms with Gasteiger partial charge in [-0.3, -0.25) is 0 Å². The zero-order valence-electron chi connectivity index (χ0n) is 15.4. The Kier molecular flexibility index (Phi) is 6.81. The molecule has 2 N–H and O–H groups in total. The van der Waals surface area contributed by atoms with Gasteiger partial charge in [0.15, 0.2) is 0 Å². The van der Waals surface area contributed by atoms with Crippen molar-refractivity contribution < 1.29 is 9.53 Å². The second-order valence-electron chi connectivity index (χ2n) is 6.35. The van der Waals surface area contributed by atoms with E-state index in [-0.39, 0.29) is 12.1 Å². The van der Waals surface area contributed by atoms with Gasteiger partial charge in [0.05, 0.1) is 13.2 Å². The molecule has 5 heteroatoms. The quantitative estimate of drug-likeness (QED) is 0.804.